The average molecular weight is 315 g/mol. The molecule has 0 aromatic carbocycles. The fourth-order valence-electron chi connectivity index (χ4n) is 2.08. The van der Waals surface area contributed by atoms with Crippen molar-refractivity contribution >= 4 is 29.8 Å². The van der Waals surface area contributed by atoms with Gasteiger partial charge in [0.05, 0.1) is 24.9 Å². The third kappa shape index (κ3) is 5.87. The first kappa shape index (κ1) is 17.7. The smallest absolute Gasteiger partial charge is 0.227 e. The van der Waals surface area contributed by atoms with Crippen molar-refractivity contribution < 1.29 is 9.53 Å². The lowest BCUT2D eigenvalue weighted by Crippen LogP contribution is -2.43. The van der Waals surface area contributed by atoms with Gasteiger partial charge in [-0.1, -0.05) is 0 Å². The summed E-state index contributed by atoms with van der Waals surface area (Å²) >= 11 is 0. The molecule has 1 saturated heterocycles. The molecule has 6 nitrogen and oxygen atoms in total. The first-order chi connectivity index (χ1) is 9.79. The standard InChI is InChI=1S/C14H22N4O2.ClH/c1-2-20-10-5-14(19)17-13-4-3-12(11-16-13)18-8-6-15-7-9-18;/h3-4,11,15H,2,5-10H2,1H3,(H,16,17,19);1H. The molecule has 118 valence electrons. The Morgan fingerprint density at radius 3 is 2.81 bits per heavy atom. The van der Waals surface area contributed by atoms with Crippen LogP contribution in [0.2, 0.25) is 0 Å². The summed E-state index contributed by atoms with van der Waals surface area (Å²) in [6.45, 7) is 6.95. The zero-order chi connectivity index (χ0) is 14.2. The van der Waals surface area contributed by atoms with E-state index in [9.17, 15) is 4.79 Å². The van der Waals surface area contributed by atoms with Gasteiger partial charge in [-0.05, 0) is 19.1 Å². The summed E-state index contributed by atoms with van der Waals surface area (Å²) in [5, 5.41) is 6.09. The van der Waals surface area contributed by atoms with E-state index in [2.05, 4.69) is 20.5 Å². The summed E-state index contributed by atoms with van der Waals surface area (Å²) in [5.41, 5.74) is 1.10. The number of hydrogen-bond donors (Lipinski definition) is 2. The molecule has 2 heterocycles. The molecule has 0 radical (unpaired) electrons. The minimum atomic E-state index is -0.0686. The number of ether oxygens (including phenoxy) is 1. The van der Waals surface area contributed by atoms with Crippen LogP contribution in [0.25, 0.3) is 0 Å². The third-order valence-corrected chi connectivity index (χ3v) is 3.18. The van der Waals surface area contributed by atoms with Crippen LogP contribution in [-0.2, 0) is 9.53 Å². The monoisotopic (exact) mass is 314 g/mol. The number of carbonyl (C=O) groups excluding carboxylic acids is 1. The highest BCUT2D eigenvalue weighted by molar-refractivity contribution is 5.89. The Balaban J connectivity index is 0.00000220. The maximum Gasteiger partial charge on any atom is 0.227 e. The summed E-state index contributed by atoms with van der Waals surface area (Å²) in [7, 11) is 0. The Hall–Kier alpha value is -1.37. The molecule has 2 rings (SSSR count). The second-order valence-corrected chi connectivity index (χ2v) is 4.63. The highest BCUT2D eigenvalue weighted by Crippen LogP contribution is 2.15. The Bertz CT molecular complexity index is 421. The molecule has 1 amide bonds. The van der Waals surface area contributed by atoms with Gasteiger partial charge < -0.3 is 20.3 Å². The number of rotatable bonds is 6. The van der Waals surface area contributed by atoms with Crippen LogP contribution in [0, 0.1) is 0 Å². The number of halogens is 1. The molecule has 0 aliphatic carbocycles. The molecule has 1 aliphatic heterocycles. The van der Waals surface area contributed by atoms with Crippen molar-refractivity contribution in [1.82, 2.24) is 10.3 Å². The number of carbonyl (C=O) groups is 1. The average Bonchev–Trinajstić information content (AvgIpc) is 2.49. The van der Waals surface area contributed by atoms with Gasteiger partial charge in [-0.3, -0.25) is 4.79 Å². The lowest BCUT2D eigenvalue weighted by Gasteiger charge is -2.29. The van der Waals surface area contributed by atoms with E-state index in [0.29, 0.717) is 25.5 Å². The van der Waals surface area contributed by atoms with Crippen LogP contribution in [0.3, 0.4) is 0 Å². The summed E-state index contributed by atoms with van der Waals surface area (Å²) < 4.78 is 5.15. The zero-order valence-electron chi connectivity index (χ0n) is 12.3. The number of amides is 1. The number of nitrogens with zero attached hydrogens (tertiary/aromatic N) is 2. The van der Waals surface area contributed by atoms with Crippen LogP contribution in [0.5, 0.6) is 0 Å². The molecule has 1 fully saturated rings. The number of hydrogen-bond acceptors (Lipinski definition) is 5. The van der Waals surface area contributed by atoms with Crippen molar-refractivity contribution in [2.75, 3.05) is 49.6 Å². The van der Waals surface area contributed by atoms with E-state index >= 15 is 0 Å². The Labute approximate surface area is 131 Å². The predicted octanol–water partition coefficient (Wildman–Crippen LogP) is 1.28. The summed E-state index contributed by atoms with van der Waals surface area (Å²) in [4.78, 5) is 18.2. The van der Waals surface area contributed by atoms with Gasteiger partial charge in [-0.15, -0.1) is 12.4 Å². The molecule has 7 heteroatoms. The molecule has 0 bridgehead atoms. The normalized spacial score (nSPS) is 14.4. The molecule has 1 aliphatic rings. The largest absolute Gasteiger partial charge is 0.381 e. The van der Waals surface area contributed by atoms with E-state index in [1.165, 1.54) is 0 Å². The first-order valence-corrected chi connectivity index (χ1v) is 7.09. The van der Waals surface area contributed by atoms with Gasteiger partial charge in [0.15, 0.2) is 0 Å². The maximum absolute atomic E-state index is 11.6. The topological polar surface area (TPSA) is 66.5 Å². The molecule has 0 unspecified atom stereocenters. The van der Waals surface area contributed by atoms with Crippen molar-refractivity contribution in [3.8, 4) is 0 Å². The van der Waals surface area contributed by atoms with Crippen LogP contribution < -0.4 is 15.5 Å². The number of piperazine rings is 1. The molecule has 21 heavy (non-hydrogen) atoms. The molecule has 1 aromatic rings. The lowest BCUT2D eigenvalue weighted by atomic mass is 10.3. The van der Waals surface area contributed by atoms with Gasteiger partial charge in [0.1, 0.15) is 5.82 Å². The highest BCUT2D eigenvalue weighted by atomic mass is 35.5. The van der Waals surface area contributed by atoms with Crippen molar-refractivity contribution in [2.24, 2.45) is 0 Å². The van der Waals surface area contributed by atoms with E-state index in [1.807, 2.05) is 25.3 Å². The number of aromatic nitrogens is 1. The molecular formula is C14H23ClN4O2. The van der Waals surface area contributed by atoms with Gasteiger partial charge in [0.25, 0.3) is 0 Å². The summed E-state index contributed by atoms with van der Waals surface area (Å²) in [6.07, 6.45) is 2.17. The van der Waals surface area contributed by atoms with Crippen LogP contribution in [-0.4, -0.2) is 50.3 Å². The van der Waals surface area contributed by atoms with E-state index in [1.54, 1.807) is 0 Å². The van der Waals surface area contributed by atoms with Gasteiger partial charge in [-0.25, -0.2) is 4.98 Å². The van der Waals surface area contributed by atoms with Gasteiger partial charge in [0, 0.05) is 32.8 Å². The van der Waals surface area contributed by atoms with Crippen LogP contribution in [0.4, 0.5) is 11.5 Å². The molecule has 0 spiro atoms. The number of anilines is 2. The third-order valence-electron chi connectivity index (χ3n) is 3.18. The second-order valence-electron chi connectivity index (χ2n) is 4.63. The zero-order valence-corrected chi connectivity index (χ0v) is 13.1. The lowest BCUT2D eigenvalue weighted by molar-refractivity contribution is -0.117. The van der Waals surface area contributed by atoms with Crippen molar-refractivity contribution in [1.29, 1.82) is 0 Å². The molecule has 0 saturated carbocycles. The van der Waals surface area contributed by atoms with Crippen molar-refractivity contribution in [3.63, 3.8) is 0 Å². The van der Waals surface area contributed by atoms with Crippen molar-refractivity contribution in [2.45, 2.75) is 13.3 Å². The summed E-state index contributed by atoms with van der Waals surface area (Å²) in [6, 6.07) is 3.84. The van der Waals surface area contributed by atoms with E-state index in [4.69, 9.17) is 4.74 Å². The fourth-order valence-corrected chi connectivity index (χ4v) is 2.08. The van der Waals surface area contributed by atoms with Gasteiger partial charge in [-0.2, -0.15) is 0 Å². The van der Waals surface area contributed by atoms with Crippen molar-refractivity contribution in [3.05, 3.63) is 18.3 Å². The Morgan fingerprint density at radius 2 is 2.19 bits per heavy atom. The number of nitrogens with one attached hydrogen (secondary N) is 2. The van der Waals surface area contributed by atoms with Crippen LogP contribution in [0.1, 0.15) is 13.3 Å². The molecular weight excluding hydrogens is 292 g/mol. The van der Waals surface area contributed by atoms with Crippen LogP contribution in [0.15, 0.2) is 18.3 Å². The first-order valence-electron chi connectivity index (χ1n) is 7.09. The minimum absolute atomic E-state index is 0. The van der Waals surface area contributed by atoms with E-state index in [-0.39, 0.29) is 18.3 Å². The second kappa shape index (κ2) is 9.55. The Morgan fingerprint density at radius 1 is 1.43 bits per heavy atom. The van der Waals surface area contributed by atoms with Gasteiger partial charge in [0.2, 0.25) is 5.91 Å². The quantitative estimate of drug-likeness (QED) is 0.774. The summed E-state index contributed by atoms with van der Waals surface area (Å²) in [5.74, 6) is 0.520. The SMILES string of the molecule is CCOCCC(=O)Nc1ccc(N2CCNCC2)cn1.Cl. The molecule has 0 atom stereocenters. The molecule has 2 N–H and O–H groups in total. The van der Waals surface area contributed by atoms with Crippen LogP contribution >= 0.6 is 12.4 Å². The minimum Gasteiger partial charge on any atom is -0.381 e. The number of pyridine rings is 1. The van der Waals surface area contributed by atoms with E-state index in [0.717, 1.165) is 31.9 Å². The maximum atomic E-state index is 11.6. The van der Waals surface area contributed by atoms with Gasteiger partial charge >= 0.3 is 0 Å². The van der Waals surface area contributed by atoms with E-state index < -0.39 is 0 Å². The predicted molar refractivity (Wildman–Crippen MR) is 86.3 cm³/mol. The fraction of sp³-hybridized carbons (Fsp3) is 0.571. The highest BCUT2D eigenvalue weighted by Gasteiger charge is 2.11. The Kier molecular flexibility index (Phi) is 8.04. The molecule has 1 aromatic heterocycles.